The van der Waals surface area contributed by atoms with Crippen LogP contribution in [-0.4, -0.2) is 66.1 Å². The fourth-order valence-electron chi connectivity index (χ4n) is 2.58. The second-order valence-corrected chi connectivity index (χ2v) is 5.56. The molecule has 23 heavy (non-hydrogen) atoms. The lowest BCUT2D eigenvalue weighted by atomic mass is 9.99. The Hall–Kier alpha value is -1.51. The Morgan fingerprint density at radius 1 is 1.30 bits per heavy atom. The molecule has 4 N–H and O–H groups in total. The number of carbonyl (C=O) groups excluding carboxylic acids is 1. The minimum absolute atomic E-state index is 0.0818. The minimum Gasteiger partial charge on any atom is -0.394 e. The summed E-state index contributed by atoms with van der Waals surface area (Å²) in [5.41, 5.74) is 0.992. The van der Waals surface area contributed by atoms with E-state index in [1.807, 2.05) is 30.3 Å². The molecule has 1 unspecified atom stereocenters. The van der Waals surface area contributed by atoms with Crippen LogP contribution >= 0.6 is 0 Å². The molecule has 1 saturated heterocycles. The Bertz CT molecular complexity index is 471. The summed E-state index contributed by atoms with van der Waals surface area (Å²) in [6, 6.07) is 9.55. The van der Waals surface area contributed by atoms with Gasteiger partial charge in [0.05, 0.1) is 19.3 Å². The number of nitrogens with one attached hydrogen (secondary N) is 1. The van der Waals surface area contributed by atoms with Crippen molar-refractivity contribution in [1.82, 2.24) is 5.32 Å². The summed E-state index contributed by atoms with van der Waals surface area (Å²) in [6.07, 6.45) is -2.87. The second-order valence-electron chi connectivity index (χ2n) is 5.56. The molecule has 1 amide bonds. The molecule has 1 aliphatic rings. The van der Waals surface area contributed by atoms with E-state index in [2.05, 4.69) is 5.32 Å². The van der Waals surface area contributed by atoms with E-state index >= 15 is 0 Å². The zero-order valence-corrected chi connectivity index (χ0v) is 12.7. The van der Waals surface area contributed by atoms with Gasteiger partial charge < -0.3 is 30.1 Å². The number of hydrogen-bond donors (Lipinski definition) is 4. The predicted octanol–water partition coefficient (Wildman–Crippen LogP) is -0.638. The number of rotatable bonds is 8. The lowest BCUT2D eigenvalue weighted by Gasteiger charge is -2.36. The SMILES string of the molecule is O=CNCC(CO[C@@H]1O[C@H](CO)[C@@H](O)C[C@H]1O)c1ccccc1. The Labute approximate surface area is 134 Å². The molecule has 0 aliphatic carbocycles. The Morgan fingerprint density at radius 2 is 2.04 bits per heavy atom. The number of aliphatic hydroxyl groups is 3. The monoisotopic (exact) mass is 325 g/mol. The van der Waals surface area contributed by atoms with Crippen molar-refractivity contribution in [2.45, 2.75) is 36.9 Å². The summed E-state index contributed by atoms with van der Waals surface area (Å²) >= 11 is 0. The molecule has 1 aliphatic heterocycles. The number of amides is 1. The molecule has 128 valence electrons. The molecule has 1 heterocycles. The predicted molar refractivity (Wildman–Crippen MR) is 81.6 cm³/mol. The normalized spacial score (nSPS) is 29.0. The molecule has 0 aromatic heterocycles. The maximum atomic E-state index is 10.5. The Kier molecular flexibility index (Phi) is 6.94. The maximum absolute atomic E-state index is 10.5. The zero-order valence-electron chi connectivity index (χ0n) is 12.7. The lowest BCUT2D eigenvalue weighted by molar-refractivity contribution is -0.271. The molecule has 0 spiro atoms. The van der Waals surface area contributed by atoms with Gasteiger partial charge in [0.1, 0.15) is 12.2 Å². The quantitative estimate of drug-likeness (QED) is 0.474. The van der Waals surface area contributed by atoms with E-state index in [0.717, 1.165) is 5.56 Å². The largest absolute Gasteiger partial charge is 0.394 e. The van der Waals surface area contributed by atoms with Crippen LogP contribution in [0.1, 0.15) is 17.9 Å². The van der Waals surface area contributed by atoms with Crippen LogP contribution in [0, 0.1) is 0 Å². The topological polar surface area (TPSA) is 108 Å². The van der Waals surface area contributed by atoms with E-state index in [0.29, 0.717) is 13.0 Å². The fraction of sp³-hybridized carbons (Fsp3) is 0.562. The highest BCUT2D eigenvalue weighted by atomic mass is 16.7. The van der Waals surface area contributed by atoms with Crippen molar-refractivity contribution < 1.29 is 29.6 Å². The minimum atomic E-state index is -0.969. The van der Waals surface area contributed by atoms with Crippen LogP contribution in [0.4, 0.5) is 0 Å². The van der Waals surface area contributed by atoms with Crippen LogP contribution in [-0.2, 0) is 14.3 Å². The second kappa shape index (κ2) is 8.95. The molecule has 0 saturated carbocycles. The van der Waals surface area contributed by atoms with Gasteiger partial charge in [-0.3, -0.25) is 4.79 Å². The van der Waals surface area contributed by atoms with E-state index < -0.39 is 24.6 Å². The lowest BCUT2D eigenvalue weighted by Crippen LogP contribution is -2.50. The van der Waals surface area contributed by atoms with Gasteiger partial charge in [0.15, 0.2) is 6.29 Å². The van der Waals surface area contributed by atoms with Crippen molar-refractivity contribution in [2.75, 3.05) is 19.8 Å². The van der Waals surface area contributed by atoms with E-state index in [9.17, 15) is 15.0 Å². The first-order valence-corrected chi connectivity index (χ1v) is 7.61. The molecule has 7 heteroatoms. The summed E-state index contributed by atoms with van der Waals surface area (Å²) in [5.74, 6) is -0.100. The Balaban J connectivity index is 1.96. The van der Waals surface area contributed by atoms with Crippen molar-refractivity contribution in [3.63, 3.8) is 0 Å². The van der Waals surface area contributed by atoms with E-state index in [1.165, 1.54) is 0 Å². The summed E-state index contributed by atoms with van der Waals surface area (Å²) in [5, 5.41) is 31.4. The molecule has 5 atom stereocenters. The van der Waals surface area contributed by atoms with Gasteiger partial charge in [-0.2, -0.15) is 0 Å². The average molecular weight is 325 g/mol. The number of benzene rings is 1. The van der Waals surface area contributed by atoms with Gasteiger partial charge >= 0.3 is 0 Å². The number of carbonyl (C=O) groups is 1. The van der Waals surface area contributed by atoms with Crippen molar-refractivity contribution >= 4 is 6.41 Å². The van der Waals surface area contributed by atoms with Crippen molar-refractivity contribution in [2.24, 2.45) is 0 Å². The summed E-state index contributed by atoms with van der Waals surface area (Å²) in [7, 11) is 0. The van der Waals surface area contributed by atoms with Gasteiger partial charge in [0.2, 0.25) is 6.41 Å². The van der Waals surface area contributed by atoms with Crippen molar-refractivity contribution in [3.05, 3.63) is 35.9 Å². The van der Waals surface area contributed by atoms with Crippen LogP contribution in [0.15, 0.2) is 30.3 Å². The molecular formula is C16H23NO6. The first-order valence-electron chi connectivity index (χ1n) is 7.61. The van der Waals surface area contributed by atoms with Crippen LogP contribution in [0.3, 0.4) is 0 Å². The van der Waals surface area contributed by atoms with Gasteiger partial charge in [-0.15, -0.1) is 0 Å². The fourth-order valence-corrected chi connectivity index (χ4v) is 2.58. The Morgan fingerprint density at radius 3 is 2.70 bits per heavy atom. The zero-order chi connectivity index (χ0) is 16.7. The molecule has 1 fully saturated rings. The van der Waals surface area contributed by atoms with Crippen LogP contribution < -0.4 is 5.32 Å². The maximum Gasteiger partial charge on any atom is 0.207 e. The molecule has 1 aromatic rings. The number of ether oxygens (including phenoxy) is 2. The smallest absolute Gasteiger partial charge is 0.207 e. The summed E-state index contributed by atoms with van der Waals surface area (Å²) in [4.78, 5) is 10.5. The van der Waals surface area contributed by atoms with Gasteiger partial charge in [0.25, 0.3) is 0 Å². The first kappa shape index (κ1) is 17.8. The van der Waals surface area contributed by atoms with Gasteiger partial charge in [-0.05, 0) is 5.56 Å². The molecular weight excluding hydrogens is 302 g/mol. The standard InChI is InChI=1S/C16H23NO6/c18-8-15-13(20)6-14(21)16(23-15)22-9-12(7-17-10-19)11-4-2-1-3-5-11/h1-5,10,12-16,18,20-21H,6-9H2,(H,17,19)/t12?,13-,14+,15+,16+/m0/s1. The van der Waals surface area contributed by atoms with Crippen molar-refractivity contribution in [1.29, 1.82) is 0 Å². The third-order valence-corrected chi connectivity index (χ3v) is 3.90. The third kappa shape index (κ3) is 4.98. The highest BCUT2D eigenvalue weighted by Gasteiger charge is 2.36. The van der Waals surface area contributed by atoms with Gasteiger partial charge in [0, 0.05) is 18.9 Å². The molecule has 0 bridgehead atoms. The molecule has 2 rings (SSSR count). The van der Waals surface area contributed by atoms with E-state index in [1.54, 1.807) is 0 Å². The highest BCUT2D eigenvalue weighted by Crippen LogP contribution is 2.23. The molecule has 1 aromatic carbocycles. The number of hydrogen-bond acceptors (Lipinski definition) is 6. The average Bonchev–Trinajstić information content (AvgIpc) is 2.57. The summed E-state index contributed by atoms with van der Waals surface area (Å²) in [6.45, 7) is 0.270. The third-order valence-electron chi connectivity index (χ3n) is 3.90. The molecule has 7 nitrogen and oxygen atoms in total. The highest BCUT2D eigenvalue weighted by molar-refractivity contribution is 5.46. The molecule has 0 radical (unpaired) electrons. The number of aliphatic hydroxyl groups excluding tert-OH is 3. The van der Waals surface area contributed by atoms with E-state index in [-0.39, 0.29) is 25.6 Å². The van der Waals surface area contributed by atoms with Gasteiger partial charge in [-0.1, -0.05) is 30.3 Å². The van der Waals surface area contributed by atoms with Gasteiger partial charge in [-0.25, -0.2) is 0 Å². The van der Waals surface area contributed by atoms with Crippen LogP contribution in [0.25, 0.3) is 0 Å². The summed E-state index contributed by atoms with van der Waals surface area (Å²) < 4.78 is 11.0. The van der Waals surface area contributed by atoms with Crippen molar-refractivity contribution in [3.8, 4) is 0 Å². The van der Waals surface area contributed by atoms with Crippen LogP contribution in [0.5, 0.6) is 0 Å². The van der Waals surface area contributed by atoms with Crippen LogP contribution in [0.2, 0.25) is 0 Å². The van der Waals surface area contributed by atoms with E-state index in [4.69, 9.17) is 14.6 Å². The first-order chi connectivity index (χ1) is 11.2.